The lowest BCUT2D eigenvalue weighted by molar-refractivity contribution is -0.129. The summed E-state index contributed by atoms with van der Waals surface area (Å²) in [5.41, 5.74) is 0.842. The van der Waals surface area contributed by atoms with Crippen LogP contribution in [0.4, 0.5) is 4.79 Å². The van der Waals surface area contributed by atoms with E-state index in [2.05, 4.69) is 18.3 Å². The van der Waals surface area contributed by atoms with Crippen molar-refractivity contribution in [2.45, 2.75) is 57.0 Å². The molecule has 3 rings (SSSR count). The van der Waals surface area contributed by atoms with E-state index in [4.69, 9.17) is 4.74 Å². The molecule has 2 aliphatic heterocycles. The Morgan fingerprint density at radius 2 is 1.96 bits per heavy atom. The molecule has 1 unspecified atom stereocenters. The molecule has 1 saturated heterocycles. The molecule has 1 atom stereocenters. The van der Waals surface area contributed by atoms with Gasteiger partial charge in [-0.05, 0) is 24.5 Å². The maximum absolute atomic E-state index is 12.4. The van der Waals surface area contributed by atoms with E-state index in [1.807, 2.05) is 23.1 Å². The summed E-state index contributed by atoms with van der Waals surface area (Å²) in [5.74, 6) is 1.19. The Kier molecular flexibility index (Phi) is 6.47. The second kappa shape index (κ2) is 8.84. The largest absolute Gasteiger partial charge is 0.487 e. The molecule has 154 valence electrons. The smallest absolute Gasteiger partial charge is 0.317 e. The van der Waals surface area contributed by atoms with Gasteiger partial charge >= 0.3 is 6.03 Å². The van der Waals surface area contributed by atoms with Crippen molar-refractivity contribution in [3.63, 3.8) is 0 Å². The predicted molar refractivity (Wildman–Crippen MR) is 110 cm³/mol. The summed E-state index contributed by atoms with van der Waals surface area (Å²) in [6.45, 7) is 4.23. The molecule has 3 amide bonds. The second-order valence-corrected chi connectivity index (χ2v) is 8.29. The summed E-state index contributed by atoms with van der Waals surface area (Å²) in [5, 5.41) is 3.00. The Hall–Kier alpha value is -2.24. The molecular formula is C22H33N3O3. The normalized spacial score (nSPS) is 20.2. The van der Waals surface area contributed by atoms with Crippen molar-refractivity contribution in [1.82, 2.24) is 15.1 Å². The molecule has 2 aliphatic rings. The van der Waals surface area contributed by atoms with Gasteiger partial charge in [-0.25, -0.2) is 4.79 Å². The van der Waals surface area contributed by atoms with Crippen LogP contribution in [0, 0.1) is 0 Å². The minimum absolute atomic E-state index is 0.0267. The van der Waals surface area contributed by atoms with Crippen molar-refractivity contribution >= 4 is 11.9 Å². The molecule has 1 N–H and O–H groups in total. The third-order valence-electron chi connectivity index (χ3n) is 5.99. The van der Waals surface area contributed by atoms with E-state index in [1.54, 1.807) is 19.0 Å². The molecule has 0 saturated carbocycles. The van der Waals surface area contributed by atoms with Gasteiger partial charge in [-0.3, -0.25) is 4.79 Å². The molecule has 1 fully saturated rings. The number of rotatable bonds is 5. The van der Waals surface area contributed by atoms with Crippen LogP contribution in [0.15, 0.2) is 24.3 Å². The fourth-order valence-corrected chi connectivity index (χ4v) is 4.23. The lowest BCUT2D eigenvalue weighted by Gasteiger charge is -2.47. The highest BCUT2D eigenvalue weighted by atomic mass is 16.5. The van der Waals surface area contributed by atoms with Gasteiger partial charge in [-0.2, -0.15) is 0 Å². The number of piperidine rings is 1. The van der Waals surface area contributed by atoms with E-state index in [0.717, 1.165) is 50.0 Å². The van der Waals surface area contributed by atoms with E-state index >= 15 is 0 Å². The van der Waals surface area contributed by atoms with Gasteiger partial charge in [0.15, 0.2) is 0 Å². The zero-order chi connectivity index (χ0) is 20.1. The fraction of sp³-hybridized carbons (Fsp3) is 0.636. The van der Waals surface area contributed by atoms with Crippen LogP contribution in [0.3, 0.4) is 0 Å². The number of unbranched alkanes of at least 4 members (excludes halogenated alkanes) is 1. The highest BCUT2D eigenvalue weighted by molar-refractivity contribution is 5.77. The first-order valence-corrected chi connectivity index (χ1v) is 10.4. The number of nitrogens with zero attached hydrogens (tertiary/aromatic N) is 2. The van der Waals surface area contributed by atoms with Crippen LogP contribution in [0.1, 0.15) is 56.9 Å². The van der Waals surface area contributed by atoms with Crippen molar-refractivity contribution in [1.29, 1.82) is 0 Å². The minimum atomic E-state index is -0.286. The Balaban J connectivity index is 1.68. The third-order valence-corrected chi connectivity index (χ3v) is 5.99. The number of benzene rings is 1. The van der Waals surface area contributed by atoms with Crippen LogP contribution in [-0.2, 0) is 4.79 Å². The Bertz CT molecular complexity index is 696. The number of urea groups is 1. The number of nitrogens with one attached hydrogen (secondary N) is 1. The van der Waals surface area contributed by atoms with Gasteiger partial charge in [0.1, 0.15) is 11.4 Å². The standard InChI is InChI=1S/C22H33N3O3/c1-4-5-12-23-21(27)25-13-10-22(11-14-25)16-17(15-20(26)24(2)3)18-8-6-7-9-19(18)28-22/h6-9,17H,4-5,10-16H2,1-3H3,(H,23,27). The average Bonchev–Trinajstić information content (AvgIpc) is 2.68. The zero-order valence-electron chi connectivity index (χ0n) is 17.4. The summed E-state index contributed by atoms with van der Waals surface area (Å²) in [4.78, 5) is 28.3. The number of fused-ring (bicyclic) bond motifs is 1. The molecule has 0 aromatic heterocycles. The highest BCUT2D eigenvalue weighted by Gasteiger charge is 2.44. The Labute approximate surface area is 168 Å². The number of carbonyl (C=O) groups is 2. The van der Waals surface area contributed by atoms with Crippen LogP contribution in [0.25, 0.3) is 0 Å². The molecule has 1 aromatic rings. The van der Waals surface area contributed by atoms with Crippen molar-refractivity contribution in [3.05, 3.63) is 29.8 Å². The lowest BCUT2D eigenvalue weighted by atomic mass is 9.76. The van der Waals surface area contributed by atoms with Crippen LogP contribution in [-0.4, -0.2) is 61.1 Å². The molecule has 6 nitrogen and oxygen atoms in total. The summed E-state index contributed by atoms with van der Waals surface area (Å²) in [6, 6.07) is 8.10. The second-order valence-electron chi connectivity index (χ2n) is 8.29. The van der Waals surface area contributed by atoms with Gasteiger partial charge < -0.3 is 19.9 Å². The van der Waals surface area contributed by atoms with Crippen LogP contribution < -0.4 is 10.1 Å². The van der Waals surface area contributed by atoms with Crippen molar-refractivity contribution in [2.24, 2.45) is 0 Å². The summed E-state index contributed by atoms with van der Waals surface area (Å²) < 4.78 is 6.48. The van der Waals surface area contributed by atoms with Gasteiger partial charge in [0.25, 0.3) is 0 Å². The van der Waals surface area contributed by atoms with Crippen LogP contribution >= 0.6 is 0 Å². The number of amides is 3. The molecule has 6 heteroatoms. The fourth-order valence-electron chi connectivity index (χ4n) is 4.23. The van der Waals surface area contributed by atoms with Crippen molar-refractivity contribution in [2.75, 3.05) is 33.7 Å². The Morgan fingerprint density at radius 1 is 1.25 bits per heavy atom. The average molecular weight is 388 g/mol. The molecule has 1 aromatic carbocycles. The van der Waals surface area contributed by atoms with Crippen molar-refractivity contribution < 1.29 is 14.3 Å². The van der Waals surface area contributed by atoms with Crippen LogP contribution in [0.5, 0.6) is 5.75 Å². The van der Waals surface area contributed by atoms with E-state index in [-0.39, 0.29) is 23.5 Å². The van der Waals surface area contributed by atoms with Gasteiger partial charge in [-0.1, -0.05) is 31.5 Å². The van der Waals surface area contributed by atoms with Gasteiger partial charge in [0, 0.05) is 58.9 Å². The molecule has 0 radical (unpaired) electrons. The van der Waals surface area contributed by atoms with E-state index in [1.165, 1.54) is 0 Å². The number of hydrogen-bond acceptors (Lipinski definition) is 3. The predicted octanol–water partition coefficient (Wildman–Crippen LogP) is 3.38. The number of hydrogen-bond donors (Lipinski definition) is 1. The third kappa shape index (κ3) is 4.59. The first-order chi connectivity index (χ1) is 13.4. The molecule has 2 heterocycles. The number of ether oxygens (including phenoxy) is 1. The maximum atomic E-state index is 12.4. The van der Waals surface area contributed by atoms with E-state index in [9.17, 15) is 9.59 Å². The molecule has 28 heavy (non-hydrogen) atoms. The summed E-state index contributed by atoms with van der Waals surface area (Å²) >= 11 is 0. The first-order valence-electron chi connectivity index (χ1n) is 10.4. The van der Waals surface area contributed by atoms with Gasteiger partial charge in [0.2, 0.25) is 5.91 Å². The van der Waals surface area contributed by atoms with Gasteiger partial charge in [0.05, 0.1) is 0 Å². The number of para-hydroxylation sites is 1. The van der Waals surface area contributed by atoms with Crippen molar-refractivity contribution in [3.8, 4) is 5.75 Å². The summed E-state index contributed by atoms with van der Waals surface area (Å²) in [6.07, 6.45) is 5.00. The Morgan fingerprint density at radius 3 is 2.64 bits per heavy atom. The molecule has 0 aliphatic carbocycles. The summed E-state index contributed by atoms with van der Waals surface area (Å²) in [7, 11) is 3.61. The number of carbonyl (C=O) groups excluding carboxylic acids is 2. The maximum Gasteiger partial charge on any atom is 0.317 e. The molecule has 1 spiro atoms. The lowest BCUT2D eigenvalue weighted by Crippen LogP contribution is -2.53. The van der Waals surface area contributed by atoms with Crippen LogP contribution in [0.2, 0.25) is 0 Å². The minimum Gasteiger partial charge on any atom is -0.487 e. The quantitative estimate of drug-likeness (QED) is 0.788. The highest BCUT2D eigenvalue weighted by Crippen LogP contribution is 2.46. The van der Waals surface area contributed by atoms with E-state index < -0.39 is 0 Å². The number of likely N-dealkylation sites (tertiary alicyclic amines) is 1. The molecule has 0 bridgehead atoms. The topological polar surface area (TPSA) is 61.9 Å². The SMILES string of the molecule is CCCCNC(=O)N1CCC2(CC1)CC(CC(=O)N(C)C)c1ccccc1O2. The molecular weight excluding hydrogens is 354 g/mol. The van der Waals surface area contributed by atoms with E-state index in [0.29, 0.717) is 19.5 Å². The van der Waals surface area contributed by atoms with Gasteiger partial charge in [-0.15, -0.1) is 0 Å². The monoisotopic (exact) mass is 387 g/mol. The first kappa shape index (κ1) is 20.5. The zero-order valence-corrected chi connectivity index (χ0v) is 17.4.